The Morgan fingerprint density at radius 3 is 2.62 bits per heavy atom. The summed E-state index contributed by atoms with van der Waals surface area (Å²) in [6, 6.07) is 2.96. The van der Waals surface area contributed by atoms with Crippen LogP contribution in [0.1, 0.15) is 17.5 Å². The quantitative estimate of drug-likeness (QED) is 0.703. The number of aliphatic hydroxyl groups excluding tert-OH is 1. The van der Waals surface area contributed by atoms with Gasteiger partial charge in [0.1, 0.15) is 5.75 Å². The highest BCUT2D eigenvalue weighted by Crippen LogP contribution is 2.34. The zero-order valence-corrected chi connectivity index (χ0v) is 11.5. The third-order valence-electron chi connectivity index (χ3n) is 2.68. The number of methoxy groups -OCH3 is 1. The van der Waals surface area contributed by atoms with Crippen LogP contribution in [0.5, 0.6) is 5.75 Å². The Morgan fingerprint density at radius 1 is 1.33 bits per heavy atom. The fraction of sp³-hybridized carbons (Fsp3) is 0.462. The Balaban J connectivity index is 2.72. The van der Waals surface area contributed by atoms with E-state index in [1.807, 2.05) is 0 Å². The summed E-state index contributed by atoms with van der Waals surface area (Å²) in [4.78, 5) is 11.4. The molecule has 2 amide bonds. The third kappa shape index (κ3) is 5.50. The number of ether oxygens (including phenoxy) is 1. The number of alkyl halides is 3. The molecule has 0 atom stereocenters. The highest BCUT2D eigenvalue weighted by atomic mass is 19.4. The van der Waals surface area contributed by atoms with Crippen molar-refractivity contribution < 1.29 is 27.8 Å². The van der Waals surface area contributed by atoms with Crippen molar-refractivity contribution in [2.75, 3.05) is 20.3 Å². The van der Waals surface area contributed by atoms with Gasteiger partial charge in [-0.25, -0.2) is 4.79 Å². The number of aliphatic hydroxyl groups is 1. The van der Waals surface area contributed by atoms with E-state index in [0.717, 1.165) is 6.07 Å². The number of urea groups is 1. The average molecular weight is 306 g/mol. The second-order valence-electron chi connectivity index (χ2n) is 4.21. The predicted molar refractivity (Wildman–Crippen MR) is 69.9 cm³/mol. The molecule has 0 saturated heterocycles. The number of carbonyl (C=O) groups is 1. The van der Waals surface area contributed by atoms with Crippen molar-refractivity contribution in [3.8, 4) is 5.75 Å². The van der Waals surface area contributed by atoms with Gasteiger partial charge in [-0.3, -0.25) is 0 Å². The molecule has 0 aliphatic heterocycles. The highest BCUT2D eigenvalue weighted by Gasteiger charge is 2.33. The van der Waals surface area contributed by atoms with Crippen LogP contribution in [0.4, 0.5) is 18.0 Å². The van der Waals surface area contributed by atoms with Crippen molar-refractivity contribution in [3.05, 3.63) is 29.3 Å². The predicted octanol–water partition coefficient (Wildman–Crippen LogP) is 1.90. The van der Waals surface area contributed by atoms with Gasteiger partial charge in [0.25, 0.3) is 0 Å². The molecule has 8 heteroatoms. The number of benzene rings is 1. The Bertz CT molecular complexity index is 478. The van der Waals surface area contributed by atoms with Gasteiger partial charge in [-0.2, -0.15) is 13.2 Å². The van der Waals surface area contributed by atoms with Crippen LogP contribution in [0.15, 0.2) is 18.2 Å². The number of hydrogen-bond donors (Lipinski definition) is 3. The molecule has 118 valence electrons. The van der Waals surface area contributed by atoms with Crippen LogP contribution in [-0.2, 0) is 12.7 Å². The minimum Gasteiger partial charge on any atom is -0.497 e. The van der Waals surface area contributed by atoms with E-state index in [9.17, 15) is 18.0 Å². The summed E-state index contributed by atoms with van der Waals surface area (Å²) in [6.45, 7) is -0.0855. The van der Waals surface area contributed by atoms with Crippen molar-refractivity contribution in [2.45, 2.75) is 19.1 Å². The van der Waals surface area contributed by atoms with E-state index in [-0.39, 0.29) is 31.0 Å². The molecule has 1 rings (SSSR count). The maximum Gasteiger partial charge on any atom is 0.416 e. The maximum absolute atomic E-state index is 12.9. The monoisotopic (exact) mass is 306 g/mol. The van der Waals surface area contributed by atoms with E-state index < -0.39 is 17.8 Å². The summed E-state index contributed by atoms with van der Waals surface area (Å²) in [7, 11) is 1.28. The van der Waals surface area contributed by atoms with Gasteiger partial charge in [0.2, 0.25) is 0 Å². The fourth-order valence-electron chi connectivity index (χ4n) is 1.62. The Hall–Kier alpha value is -1.96. The first-order valence-electron chi connectivity index (χ1n) is 6.25. The van der Waals surface area contributed by atoms with E-state index >= 15 is 0 Å². The molecule has 1 aromatic rings. The van der Waals surface area contributed by atoms with Gasteiger partial charge < -0.3 is 20.5 Å². The van der Waals surface area contributed by atoms with Gasteiger partial charge in [-0.05, 0) is 24.1 Å². The molecule has 0 spiro atoms. The molecule has 3 N–H and O–H groups in total. The number of rotatable bonds is 6. The van der Waals surface area contributed by atoms with E-state index in [2.05, 4.69) is 10.6 Å². The van der Waals surface area contributed by atoms with Crippen molar-refractivity contribution in [1.29, 1.82) is 0 Å². The molecule has 0 aliphatic rings. The molecule has 5 nitrogen and oxygen atoms in total. The molecule has 0 heterocycles. The lowest BCUT2D eigenvalue weighted by molar-refractivity contribution is -0.138. The molecule has 0 aromatic heterocycles. The maximum atomic E-state index is 12.9. The minimum atomic E-state index is -4.53. The number of hydrogen-bond acceptors (Lipinski definition) is 3. The van der Waals surface area contributed by atoms with Gasteiger partial charge in [-0.1, -0.05) is 6.07 Å². The van der Waals surface area contributed by atoms with Crippen LogP contribution >= 0.6 is 0 Å². The van der Waals surface area contributed by atoms with Crippen molar-refractivity contribution >= 4 is 6.03 Å². The largest absolute Gasteiger partial charge is 0.497 e. The van der Waals surface area contributed by atoms with Crippen molar-refractivity contribution in [3.63, 3.8) is 0 Å². The van der Waals surface area contributed by atoms with Gasteiger partial charge in [-0.15, -0.1) is 0 Å². The van der Waals surface area contributed by atoms with Crippen molar-refractivity contribution in [1.82, 2.24) is 10.6 Å². The van der Waals surface area contributed by atoms with Crippen LogP contribution in [-0.4, -0.2) is 31.4 Å². The van der Waals surface area contributed by atoms with E-state index in [0.29, 0.717) is 6.42 Å². The molecule has 1 aromatic carbocycles. The molecule has 0 saturated carbocycles. The highest BCUT2D eigenvalue weighted by molar-refractivity contribution is 5.73. The van der Waals surface area contributed by atoms with Crippen LogP contribution in [0.2, 0.25) is 0 Å². The first-order valence-corrected chi connectivity index (χ1v) is 6.25. The van der Waals surface area contributed by atoms with E-state index in [1.54, 1.807) is 0 Å². The number of amides is 2. The summed E-state index contributed by atoms with van der Waals surface area (Å²) < 4.78 is 43.6. The van der Waals surface area contributed by atoms with Crippen LogP contribution in [0.3, 0.4) is 0 Å². The fourth-order valence-corrected chi connectivity index (χ4v) is 1.62. The summed E-state index contributed by atoms with van der Waals surface area (Å²) in [5.41, 5.74) is -0.905. The lowest BCUT2D eigenvalue weighted by Gasteiger charge is -2.15. The van der Waals surface area contributed by atoms with Gasteiger partial charge in [0.15, 0.2) is 0 Å². The van der Waals surface area contributed by atoms with Gasteiger partial charge in [0.05, 0.1) is 12.7 Å². The normalized spacial score (nSPS) is 11.1. The topological polar surface area (TPSA) is 70.6 Å². The van der Waals surface area contributed by atoms with E-state index in [1.165, 1.54) is 19.2 Å². The minimum absolute atomic E-state index is 0.0550. The molecule has 0 radical (unpaired) electrons. The first kappa shape index (κ1) is 17.1. The molecule has 0 aliphatic carbocycles. The SMILES string of the molecule is COc1ccc(CNC(=O)NCCCO)c(C(F)(F)F)c1. The van der Waals surface area contributed by atoms with Crippen molar-refractivity contribution in [2.24, 2.45) is 0 Å². The summed E-state index contributed by atoms with van der Waals surface area (Å²) in [5, 5.41) is 13.3. The zero-order valence-electron chi connectivity index (χ0n) is 11.5. The second kappa shape index (κ2) is 7.72. The molecule has 21 heavy (non-hydrogen) atoms. The summed E-state index contributed by atoms with van der Waals surface area (Å²) >= 11 is 0. The number of carbonyl (C=O) groups excluding carboxylic acids is 1. The molecule has 0 unspecified atom stereocenters. The zero-order chi connectivity index (χ0) is 15.9. The number of nitrogens with one attached hydrogen (secondary N) is 2. The molecular formula is C13H17F3N2O3. The Morgan fingerprint density at radius 2 is 2.05 bits per heavy atom. The molecular weight excluding hydrogens is 289 g/mol. The van der Waals surface area contributed by atoms with Gasteiger partial charge in [0, 0.05) is 19.7 Å². The summed E-state index contributed by atoms with van der Waals surface area (Å²) in [5.74, 6) is 0.0958. The Labute approximate surface area is 120 Å². The second-order valence-corrected chi connectivity index (χ2v) is 4.21. The van der Waals surface area contributed by atoms with Crippen LogP contribution in [0, 0.1) is 0 Å². The third-order valence-corrected chi connectivity index (χ3v) is 2.68. The van der Waals surface area contributed by atoms with Crippen LogP contribution in [0.25, 0.3) is 0 Å². The summed E-state index contributed by atoms with van der Waals surface area (Å²) in [6.07, 6.45) is -4.15. The lowest BCUT2D eigenvalue weighted by atomic mass is 10.1. The average Bonchev–Trinajstić information content (AvgIpc) is 2.44. The molecule has 0 fully saturated rings. The standard InChI is InChI=1S/C13H17F3N2O3/c1-21-10-4-3-9(11(7-10)13(14,15)16)8-18-12(20)17-5-2-6-19/h3-4,7,19H,2,5-6,8H2,1H3,(H2,17,18,20). The lowest BCUT2D eigenvalue weighted by Crippen LogP contribution is -2.36. The molecule has 0 bridgehead atoms. The Kier molecular flexibility index (Phi) is 6.29. The van der Waals surface area contributed by atoms with Crippen LogP contribution < -0.4 is 15.4 Å². The number of halogens is 3. The smallest absolute Gasteiger partial charge is 0.416 e. The van der Waals surface area contributed by atoms with Gasteiger partial charge >= 0.3 is 12.2 Å². The van der Waals surface area contributed by atoms with E-state index in [4.69, 9.17) is 9.84 Å². The first-order chi connectivity index (χ1) is 9.88.